The van der Waals surface area contributed by atoms with Crippen LogP contribution >= 0.6 is 11.8 Å². The van der Waals surface area contributed by atoms with Crippen molar-refractivity contribution in [2.24, 2.45) is 5.41 Å². The molecule has 0 bridgehead atoms. The van der Waals surface area contributed by atoms with Crippen molar-refractivity contribution in [1.82, 2.24) is 4.90 Å². The first kappa shape index (κ1) is 15.3. The fourth-order valence-electron chi connectivity index (χ4n) is 2.10. The van der Waals surface area contributed by atoms with Crippen molar-refractivity contribution >= 4 is 11.8 Å². The molecule has 1 saturated carbocycles. The highest BCUT2D eigenvalue weighted by molar-refractivity contribution is 7.99. The van der Waals surface area contributed by atoms with Crippen molar-refractivity contribution in [1.29, 1.82) is 0 Å². The first-order valence-corrected chi connectivity index (χ1v) is 8.27. The third kappa shape index (κ3) is 5.62. The minimum absolute atomic E-state index is 0.388. The molecule has 0 spiro atoms. The zero-order valence-electron chi connectivity index (χ0n) is 12.0. The van der Waals surface area contributed by atoms with Crippen LogP contribution < -0.4 is 0 Å². The summed E-state index contributed by atoms with van der Waals surface area (Å²) in [6.07, 6.45) is 3.14. The molecule has 1 saturated heterocycles. The lowest BCUT2D eigenvalue weighted by Crippen LogP contribution is -2.38. The third-order valence-electron chi connectivity index (χ3n) is 3.34. The van der Waals surface area contributed by atoms with Gasteiger partial charge in [-0.15, -0.1) is 0 Å². The minimum Gasteiger partial charge on any atom is -0.378 e. The maximum absolute atomic E-state index is 5.78. The number of rotatable bonds is 5. The maximum atomic E-state index is 5.78. The van der Waals surface area contributed by atoms with Crippen LogP contribution in [0.4, 0.5) is 0 Å². The Morgan fingerprint density at radius 3 is 2.24 bits per heavy atom. The van der Waals surface area contributed by atoms with Gasteiger partial charge in [0.2, 0.25) is 0 Å². The van der Waals surface area contributed by atoms with Crippen LogP contribution in [-0.2, 0) is 4.74 Å². The molecule has 0 amide bonds. The van der Waals surface area contributed by atoms with Gasteiger partial charge in [-0.1, -0.05) is 13.8 Å². The topological polar surface area (TPSA) is 12.5 Å². The van der Waals surface area contributed by atoms with Crippen molar-refractivity contribution < 1.29 is 4.74 Å². The van der Waals surface area contributed by atoms with Gasteiger partial charge in [0.05, 0.1) is 12.7 Å². The molecule has 3 heteroatoms. The van der Waals surface area contributed by atoms with Gasteiger partial charge in [-0.3, -0.25) is 0 Å². The zero-order valence-corrected chi connectivity index (χ0v) is 12.8. The summed E-state index contributed by atoms with van der Waals surface area (Å²) in [4.78, 5) is 2.63. The molecule has 1 aliphatic carbocycles. The van der Waals surface area contributed by atoms with E-state index in [1.54, 1.807) is 0 Å². The van der Waals surface area contributed by atoms with Gasteiger partial charge in [0.15, 0.2) is 0 Å². The van der Waals surface area contributed by atoms with Crippen LogP contribution in [0.3, 0.4) is 0 Å². The van der Waals surface area contributed by atoms with Gasteiger partial charge in [0.1, 0.15) is 0 Å². The van der Waals surface area contributed by atoms with E-state index in [4.69, 9.17) is 4.74 Å². The van der Waals surface area contributed by atoms with E-state index in [2.05, 4.69) is 30.5 Å². The number of thioether (sulfide) groups is 1. The van der Waals surface area contributed by atoms with Crippen molar-refractivity contribution in [2.45, 2.75) is 46.6 Å². The summed E-state index contributed by atoms with van der Waals surface area (Å²) in [7, 11) is 0. The van der Waals surface area contributed by atoms with Gasteiger partial charge >= 0.3 is 0 Å². The molecule has 0 atom stereocenters. The van der Waals surface area contributed by atoms with Crippen LogP contribution in [-0.4, -0.2) is 48.8 Å². The molecule has 2 fully saturated rings. The summed E-state index contributed by atoms with van der Waals surface area (Å²) < 4.78 is 5.78. The molecule has 2 aliphatic rings. The van der Waals surface area contributed by atoms with Gasteiger partial charge < -0.3 is 9.64 Å². The van der Waals surface area contributed by atoms with E-state index < -0.39 is 0 Å². The van der Waals surface area contributed by atoms with Crippen molar-refractivity contribution in [3.8, 4) is 0 Å². The molecule has 1 heterocycles. The molecule has 102 valence electrons. The number of hydrogen-bond acceptors (Lipinski definition) is 3. The van der Waals surface area contributed by atoms with E-state index in [1.165, 1.54) is 44.0 Å². The average Bonchev–Trinajstić information content (AvgIpc) is 3.11. The van der Waals surface area contributed by atoms with Gasteiger partial charge in [-0.05, 0) is 26.7 Å². The van der Waals surface area contributed by atoms with E-state index in [9.17, 15) is 0 Å². The van der Waals surface area contributed by atoms with E-state index in [1.807, 2.05) is 13.8 Å². The maximum Gasteiger partial charge on any atom is 0.0538 e. The first-order chi connectivity index (χ1) is 8.20. The Morgan fingerprint density at radius 2 is 1.76 bits per heavy atom. The summed E-state index contributed by atoms with van der Waals surface area (Å²) in [5.74, 6) is 2.64. The van der Waals surface area contributed by atoms with Crippen LogP contribution in [0.2, 0.25) is 0 Å². The largest absolute Gasteiger partial charge is 0.378 e. The Labute approximate surface area is 111 Å². The Kier molecular flexibility index (Phi) is 6.90. The highest BCUT2D eigenvalue weighted by Crippen LogP contribution is 2.46. The Morgan fingerprint density at radius 1 is 1.18 bits per heavy atom. The summed E-state index contributed by atoms with van der Waals surface area (Å²) in [6.45, 7) is 13.1. The van der Waals surface area contributed by atoms with Crippen LogP contribution in [0.5, 0.6) is 0 Å². The van der Waals surface area contributed by atoms with Crippen LogP contribution in [0.1, 0.15) is 40.5 Å². The lowest BCUT2D eigenvalue weighted by molar-refractivity contribution is 0.0321. The summed E-state index contributed by atoms with van der Waals surface area (Å²) in [5.41, 5.74) is 0.534. The highest BCUT2D eigenvalue weighted by Gasteiger charge is 2.44. The molecule has 0 aromatic heterocycles. The van der Waals surface area contributed by atoms with Gasteiger partial charge in [0, 0.05) is 36.6 Å². The fourth-order valence-corrected chi connectivity index (χ4v) is 3.08. The van der Waals surface area contributed by atoms with Crippen molar-refractivity contribution in [3.63, 3.8) is 0 Å². The monoisotopic (exact) mass is 259 g/mol. The van der Waals surface area contributed by atoms with E-state index in [0.717, 1.165) is 6.61 Å². The molecule has 17 heavy (non-hydrogen) atoms. The van der Waals surface area contributed by atoms with E-state index >= 15 is 0 Å². The second-order valence-electron chi connectivity index (χ2n) is 5.25. The fraction of sp³-hybridized carbons (Fsp3) is 1.00. The SMILES string of the molecule is CC.CC(C)OCC1(CN2CCSCC2)CC1. The lowest BCUT2D eigenvalue weighted by atomic mass is 10.1. The molecule has 2 rings (SSSR count). The molecule has 0 N–H and O–H groups in total. The van der Waals surface area contributed by atoms with E-state index in [0.29, 0.717) is 11.5 Å². The second kappa shape index (κ2) is 7.65. The zero-order chi connectivity index (χ0) is 12.7. The third-order valence-corrected chi connectivity index (χ3v) is 4.29. The van der Waals surface area contributed by atoms with Crippen molar-refractivity contribution in [2.75, 3.05) is 37.7 Å². The Hall–Kier alpha value is 0.270. The molecule has 0 unspecified atom stereocenters. The Balaban J connectivity index is 0.000000686. The predicted molar refractivity (Wildman–Crippen MR) is 77.9 cm³/mol. The van der Waals surface area contributed by atoms with Gasteiger partial charge in [-0.25, -0.2) is 0 Å². The number of nitrogens with zero attached hydrogens (tertiary/aromatic N) is 1. The van der Waals surface area contributed by atoms with Gasteiger partial charge in [0.25, 0.3) is 0 Å². The number of ether oxygens (including phenoxy) is 1. The summed E-state index contributed by atoms with van der Waals surface area (Å²) >= 11 is 2.09. The molecule has 0 radical (unpaired) electrons. The first-order valence-electron chi connectivity index (χ1n) is 7.12. The smallest absolute Gasteiger partial charge is 0.0538 e. The molecule has 0 aromatic carbocycles. The standard InChI is InChI=1S/C12H23NOS.C2H6/c1-11(2)14-10-12(3-4-12)9-13-5-7-15-8-6-13;1-2/h11H,3-10H2,1-2H3;1-2H3. The molecule has 0 aromatic rings. The van der Waals surface area contributed by atoms with Crippen molar-refractivity contribution in [3.05, 3.63) is 0 Å². The minimum atomic E-state index is 0.388. The highest BCUT2D eigenvalue weighted by atomic mass is 32.2. The summed E-state index contributed by atoms with van der Waals surface area (Å²) in [5, 5.41) is 0. The quantitative estimate of drug-likeness (QED) is 0.752. The molecular formula is C14H29NOS. The molecule has 2 nitrogen and oxygen atoms in total. The average molecular weight is 259 g/mol. The molecular weight excluding hydrogens is 230 g/mol. The van der Waals surface area contributed by atoms with Crippen LogP contribution in [0.15, 0.2) is 0 Å². The van der Waals surface area contributed by atoms with Gasteiger partial charge in [-0.2, -0.15) is 11.8 Å². The molecule has 1 aliphatic heterocycles. The second-order valence-corrected chi connectivity index (χ2v) is 6.47. The van der Waals surface area contributed by atoms with Crippen LogP contribution in [0.25, 0.3) is 0 Å². The van der Waals surface area contributed by atoms with Crippen LogP contribution in [0, 0.1) is 5.41 Å². The predicted octanol–water partition coefficient (Wildman–Crippen LogP) is 3.27. The lowest BCUT2D eigenvalue weighted by Gasteiger charge is -2.30. The summed E-state index contributed by atoms with van der Waals surface area (Å²) in [6, 6.07) is 0. The normalized spacial score (nSPS) is 23.1. The Bertz CT molecular complexity index is 198. The number of hydrogen-bond donors (Lipinski definition) is 0. The van der Waals surface area contributed by atoms with E-state index in [-0.39, 0.29) is 0 Å².